The number of hydrogen-bond donors (Lipinski definition) is 0. The van der Waals surface area contributed by atoms with Crippen molar-refractivity contribution in [1.29, 1.82) is 0 Å². The van der Waals surface area contributed by atoms with Crippen LogP contribution in [-0.2, 0) is 11.2 Å². The summed E-state index contributed by atoms with van der Waals surface area (Å²) < 4.78 is 6.62. The van der Waals surface area contributed by atoms with Gasteiger partial charge in [-0.05, 0) is 24.8 Å². The number of nitrogens with zero attached hydrogens (tertiary/aromatic N) is 1. The molecule has 0 spiro atoms. The third-order valence-corrected chi connectivity index (χ3v) is 4.26. The molecule has 0 bridgehead atoms. The first-order chi connectivity index (χ1) is 8.71. The van der Waals surface area contributed by atoms with Gasteiger partial charge in [0, 0.05) is 18.6 Å². The highest BCUT2D eigenvalue weighted by molar-refractivity contribution is 7.79. The van der Waals surface area contributed by atoms with Crippen molar-refractivity contribution in [3.8, 4) is 0 Å². The lowest BCUT2D eigenvalue weighted by Crippen LogP contribution is -2.52. The highest BCUT2D eigenvalue weighted by atomic mass is 32.1. The van der Waals surface area contributed by atoms with Gasteiger partial charge in [0.2, 0.25) is 0 Å². The van der Waals surface area contributed by atoms with Crippen LogP contribution in [0.2, 0.25) is 0 Å². The molecule has 1 aliphatic heterocycles. The summed E-state index contributed by atoms with van der Waals surface area (Å²) in [6, 6.07) is 10.4. The van der Waals surface area contributed by atoms with Crippen molar-refractivity contribution in [3.05, 3.63) is 35.9 Å². The van der Waals surface area contributed by atoms with Crippen LogP contribution < -0.4 is 0 Å². The SMILES string of the molecule is C[N+]1(C(=S)OCCc2ccccc2)CCCCC1. The Labute approximate surface area is 115 Å². The number of likely N-dealkylation sites (tertiary alicyclic amines) is 1. The molecule has 0 aromatic heterocycles. The van der Waals surface area contributed by atoms with Crippen molar-refractivity contribution in [3.63, 3.8) is 0 Å². The number of benzene rings is 1. The number of ether oxygens (including phenoxy) is 1. The minimum absolute atomic E-state index is 0.691. The number of quaternary nitrogens is 1. The van der Waals surface area contributed by atoms with E-state index >= 15 is 0 Å². The molecular weight excluding hydrogens is 242 g/mol. The van der Waals surface area contributed by atoms with Gasteiger partial charge in [0.25, 0.3) is 0 Å². The topological polar surface area (TPSA) is 9.23 Å². The zero-order chi connectivity index (χ0) is 12.8. The second-order valence-electron chi connectivity index (χ2n) is 5.25. The predicted molar refractivity (Wildman–Crippen MR) is 78.5 cm³/mol. The molecule has 0 unspecified atom stereocenters. The van der Waals surface area contributed by atoms with Gasteiger partial charge in [0.05, 0.1) is 26.7 Å². The van der Waals surface area contributed by atoms with E-state index in [2.05, 4.69) is 31.3 Å². The lowest BCUT2D eigenvalue weighted by molar-refractivity contribution is -0.832. The molecule has 1 aromatic rings. The van der Waals surface area contributed by atoms with Gasteiger partial charge < -0.3 is 4.74 Å². The van der Waals surface area contributed by atoms with E-state index in [1.54, 1.807) is 0 Å². The van der Waals surface area contributed by atoms with Crippen LogP contribution >= 0.6 is 12.2 Å². The van der Waals surface area contributed by atoms with Gasteiger partial charge in [-0.15, -0.1) is 0 Å². The Morgan fingerprint density at radius 1 is 1.17 bits per heavy atom. The first-order valence-corrected chi connectivity index (χ1v) is 7.17. The maximum atomic E-state index is 5.79. The Morgan fingerprint density at radius 2 is 1.83 bits per heavy atom. The molecule has 0 aliphatic carbocycles. The zero-order valence-corrected chi connectivity index (χ0v) is 11.9. The van der Waals surface area contributed by atoms with Crippen LogP contribution in [0.25, 0.3) is 0 Å². The second kappa shape index (κ2) is 6.30. The average Bonchev–Trinajstić information content (AvgIpc) is 2.41. The molecule has 2 nitrogen and oxygen atoms in total. The highest BCUT2D eigenvalue weighted by Gasteiger charge is 2.31. The van der Waals surface area contributed by atoms with Crippen molar-refractivity contribution in [2.45, 2.75) is 25.7 Å². The lowest BCUT2D eigenvalue weighted by atomic mass is 10.1. The Bertz CT molecular complexity index is 385. The van der Waals surface area contributed by atoms with E-state index in [1.807, 2.05) is 6.07 Å². The zero-order valence-electron chi connectivity index (χ0n) is 11.1. The molecule has 3 heteroatoms. The molecule has 0 N–H and O–H groups in total. The monoisotopic (exact) mass is 264 g/mol. The molecule has 2 rings (SSSR count). The van der Waals surface area contributed by atoms with Crippen molar-refractivity contribution in [2.75, 3.05) is 26.7 Å². The molecule has 18 heavy (non-hydrogen) atoms. The summed E-state index contributed by atoms with van der Waals surface area (Å²) >= 11 is 5.45. The van der Waals surface area contributed by atoms with Crippen LogP contribution in [0.1, 0.15) is 24.8 Å². The molecule has 1 saturated heterocycles. The fourth-order valence-corrected chi connectivity index (χ4v) is 2.72. The van der Waals surface area contributed by atoms with E-state index < -0.39 is 0 Å². The largest absolute Gasteiger partial charge is 0.443 e. The number of piperidine rings is 1. The molecule has 1 aliphatic rings. The molecule has 98 valence electrons. The third-order valence-electron chi connectivity index (χ3n) is 3.70. The van der Waals surface area contributed by atoms with Gasteiger partial charge in [-0.25, -0.2) is 0 Å². The van der Waals surface area contributed by atoms with Crippen molar-refractivity contribution < 1.29 is 9.22 Å². The molecule has 1 aromatic carbocycles. The van der Waals surface area contributed by atoms with Crippen LogP contribution in [0, 0.1) is 0 Å². The first kappa shape index (κ1) is 13.5. The Balaban J connectivity index is 1.78. The van der Waals surface area contributed by atoms with Gasteiger partial charge in [-0.2, -0.15) is 0 Å². The highest BCUT2D eigenvalue weighted by Crippen LogP contribution is 2.18. The Morgan fingerprint density at radius 3 is 2.50 bits per heavy atom. The molecule has 0 radical (unpaired) electrons. The molecule has 1 heterocycles. The second-order valence-corrected chi connectivity index (χ2v) is 5.60. The van der Waals surface area contributed by atoms with Gasteiger partial charge in [-0.1, -0.05) is 30.3 Å². The summed E-state index contributed by atoms with van der Waals surface area (Å²) in [5, 5.41) is 0.769. The minimum atomic E-state index is 0.691. The average molecular weight is 264 g/mol. The molecule has 0 saturated carbocycles. The molecular formula is C15H22NOS+. The maximum Gasteiger partial charge on any atom is 0.362 e. The summed E-state index contributed by atoms with van der Waals surface area (Å²) in [5.41, 5.74) is 1.31. The van der Waals surface area contributed by atoms with Crippen molar-refractivity contribution in [1.82, 2.24) is 0 Å². The quantitative estimate of drug-likeness (QED) is 0.612. The van der Waals surface area contributed by atoms with E-state index in [9.17, 15) is 0 Å². The van der Waals surface area contributed by atoms with Crippen molar-refractivity contribution >= 4 is 17.4 Å². The summed E-state index contributed by atoms with van der Waals surface area (Å²) in [4.78, 5) is 0. The van der Waals surface area contributed by atoms with Crippen LogP contribution in [0.5, 0.6) is 0 Å². The van der Waals surface area contributed by atoms with Gasteiger partial charge in [0.1, 0.15) is 0 Å². The van der Waals surface area contributed by atoms with Gasteiger partial charge >= 0.3 is 5.17 Å². The molecule has 0 amide bonds. The first-order valence-electron chi connectivity index (χ1n) is 6.76. The summed E-state index contributed by atoms with van der Waals surface area (Å²) in [6.07, 6.45) is 4.79. The van der Waals surface area contributed by atoms with E-state index in [4.69, 9.17) is 17.0 Å². The standard InChI is InChI=1S/C15H22NOS/c1-16(11-6-3-7-12-16)15(18)17-13-10-14-8-4-2-5-9-14/h2,4-5,8-9H,3,6-7,10-13H2,1H3/q+1. The maximum absolute atomic E-state index is 5.79. The smallest absolute Gasteiger partial charge is 0.362 e. The van der Waals surface area contributed by atoms with Crippen LogP contribution in [0.15, 0.2) is 30.3 Å². The lowest BCUT2D eigenvalue weighted by Gasteiger charge is -2.35. The summed E-state index contributed by atoms with van der Waals surface area (Å²) in [5.74, 6) is 0. The summed E-state index contributed by atoms with van der Waals surface area (Å²) in [7, 11) is 2.20. The predicted octanol–water partition coefficient (Wildman–Crippen LogP) is 3.16. The van der Waals surface area contributed by atoms with E-state index in [1.165, 1.54) is 24.8 Å². The Kier molecular flexibility index (Phi) is 4.72. The van der Waals surface area contributed by atoms with Crippen LogP contribution in [0.3, 0.4) is 0 Å². The molecule has 0 atom stereocenters. The van der Waals surface area contributed by atoms with E-state index in [-0.39, 0.29) is 0 Å². The van der Waals surface area contributed by atoms with E-state index in [0.29, 0.717) is 6.61 Å². The van der Waals surface area contributed by atoms with Gasteiger partial charge in [-0.3, -0.25) is 4.48 Å². The van der Waals surface area contributed by atoms with Gasteiger partial charge in [0.15, 0.2) is 0 Å². The van der Waals surface area contributed by atoms with Crippen molar-refractivity contribution in [2.24, 2.45) is 0 Å². The normalized spacial score (nSPS) is 18.3. The fraction of sp³-hybridized carbons (Fsp3) is 0.533. The van der Waals surface area contributed by atoms with Crippen LogP contribution in [-0.4, -0.2) is 36.4 Å². The number of rotatable bonds is 3. The number of thiocarbonyl (C=S) groups is 1. The summed E-state index contributed by atoms with van der Waals surface area (Å²) in [6.45, 7) is 2.95. The molecule has 1 fully saturated rings. The van der Waals surface area contributed by atoms with Crippen LogP contribution in [0.4, 0.5) is 0 Å². The minimum Gasteiger partial charge on any atom is -0.443 e. The fourth-order valence-electron chi connectivity index (χ4n) is 2.45. The van der Waals surface area contributed by atoms with E-state index in [0.717, 1.165) is 29.2 Å². The third kappa shape index (κ3) is 3.53. The number of hydrogen-bond acceptors (Lipinski definition) is 2. The Hall–Kier alpha value is -0.930.